The van der Waals surface area contributed by atoms with Crippen LogP contribution in [0.25, 0.3) is 0 Å². The van der Waals surface area contributed by atoms with Crippen LogP contribution in [-0.4, -0.2) is 15.7 Å². The van der Waals surface area contributed by atoms with Crippen molar-refractivity contribution in [1.29, 1.82) is 5.41 Å². The topological polar surface area (TPSA) is 81.6 Å². The van der Waals surface area contributed by atoms with Crippen LogP contribution in [0.15, 0.2) is 39.9 Å². The van der Waals surface area contributed by atoms with Crippen LogP contribution in [0.5, 0.6) is 0 Å². The smallest absolute Gasteiger partial charge is 0.261 e. The Morgan fingerprint density at radius 2 is 2.28 bits per heavy atom. The second-order valence-electron chi connectivity index (χ2n) is 3.72. The van der Waals surface area contributed by atoms with Gasteiger partial charge >= 0.3 is 0 Å². The molecule has 0 aliphatic rings. The van der Waals surface area contributed by atoms with Gasteiger partial charge in [-0.2, -0.15) is 0 Å². The van der Waals surface area contributed by atoms with Crippen LogP contribution in [0.4, 0.5) is 11.5 Å². The molecule has 6 heteroatoms. The third-order valence-electron chi connectivity index (χ3n) is 2.32. The Labute approximate surface area is 112 Å². The maximum Gasteiger partial charge on any atom is 0.261 e. The van der Waals surface area contributed by atoms with Crippen molar-refractivity contribution in [2.45, 2.75) is 6.92 Å². The fraction of sp³-hybridized carbons (Fsp3) is 0.0833. The molecule has 0 amide bonds. The summed E-state index contributed by atoms with van der Waals surface area (Å²) >= 11 is 3.37. The predicted molar refractivity (Wildman–Crippen MR) is 74.8 cm³/mol. The summed E-state index contributed by atoms with van der Waals surface area (Å²) < 4.78 is 0.922. The number of nitrogens with zero attached hydrogens (tertiary/aromatic N) is 1. The maximum absolute atomic E-state index is 11.7. The fourth-order valence-corrected chi connectivity index (χ4v) is 1.94. The number of aromatic amines is 1. The van der Waals surface area contributed by atoms with E-state index in [2.05, 4.69) is 31.2 Å². The van der Waals surface area contributed by atoms with Crippen LogP contribution in [0, 0.1) is 5.41 Å². The Balaban J connectivity index is 2.44. The lowest BCUT2D eigenvalue weighted by atomic mass is 10.2. The number of halogens is 1. The number of benzene rings is 1. The van der Waals surface area contributed by atoms with Crippen LogP contribution >= 0.6 is 15.9 Å². The molecule has 0 unspecified atom stereocenters. The van der Waals surface area contributed by atoms with Crippen LogP contribution in [0.1, 0.15) is 12.5 Å². The van der Waals surface area contributed by atoms with Gasteiger partial charge in [0, 0.05) is 15.9 Å². The van der Waals surface area contributed by atoms with Gasteiger partial charge in [0.2, 0.25) is 0 Å². The molecule has 3 N–H and O–H groups in total. The van der Waals surface area contributed by atoms with Crippen molar-refractivity contribution in [3.05, 3.63) is 51.0 Å². The first-order valence-electron chi connectivity index (χ1n) is 5.23. The Kier molecular flexibility index (Phi) is 3.57. The second-order valence-corrected chi connectivity index (χ2v) is 4.63. The number of nitrogens with one attached hydrogen (secondary N) is 3. The molecule has 0 radical (unpaired) electrons. The number of H-pyrrole nitrogens is 1. The molecular formula is C12H11BrN4O. The summed E-state index contributed by atoms with van der Waals surface area (Å²) in [5.74, 6) is 0.379. The molecule has 1 heterocycles. The maximum atomic E-state index is 11.7. The zero-order chi connectivity index (χ0) is 13.1. The van der Waals surface area contributed by atoms with E-state index in [0.29, 0.717) is 5.82 Å². The first-order chi connectivity index (χ1) is 8.58. The van der Waals surface area contributed by atoms with E-state index >= 15 is 0 Å². The van der Waals surface area contributed by atoms with E-state index in [1.165, 1.54) is 6.33 Å². The quantitative estimate of drug-likeness (QED) is 0.762. The Morgan fingerprint density at radius 1 is 1.50 bits per heavy atom. The number of anilines is 2. The third kappa shape index (κ3) is 2.65. The van der Waals surface area contributed by atoms with Crippen molar-refractivity contribution in [2.75, 3.05) is 5.32 Å². The molecule has 0 fully saturated rings. The van der Waals surface area contributed by atoms with Crippen molar-refractivity contribution in [3.8, 4) is 0 Å². The van der Waals surface area contributed by atoms with Gasteiger partial charge in [0.15, 0.2) is 0 Å². The van der Waals surface area contributed by atoms with Gasteiger partial charge in [0.05, 0.1) is 6.33 Å². The minimum Gasteiger partial charge on any atom is -0.339 e. The highest BCUT2D eigenvalue weighted by Crippen LogP contribution is 2.20. The number of hydrogen-bond acceptors (Lipinski definition) is 4. The third-order valence-corrected chi connectivity index (χ3v) is 2.81. The van der Waals surface area contributed by atoms with E-state index in [1.54, 1.807) is 6.92 Å². The lowest BCUT2D eigenvalue weighted by Gasteiger charge is -2.09. The average molecular weight is 307 g/mol. The lowest BCUT2D eigenvalue weighted by Crippen LogP contribution is -2.19. The van der Waals surface area contributed by atoms with E-state index < -0.39 is 0 Å². The van der Waals surface area contributed by atoms with E-state index in [1.807, 2.05) is 24.3 Å². The van der Waals surface area contributed by atoms with Crippen LogP contribution in [0.3, 0.4) is 0 Å². The van der Waals surface area contributed by atoms with Gasteiger partial charge in [-0.05, 0) is 25.1 Å². The number of hydrogen-bond donors (Lipinski definition) is 3. The summed E-state index contributed by atoms with van der Waals surface area (Å²) in [6.45, 7) is 1.55. The van der Waals surface area contributed by atoms with E-state index in [9.17, 15) is 4.79 Å². The van der Waals surface area contributed by atoms with E-state index in [-0.39, 0.29) is 16.8 Å². The largest absolute Gasteiger partial charge is 0.339 e. The minimum absolute atomic E-state index is 0.168. The zero-order valence-corrected chi connectivity index (χ0v) is 11.2. The van der Waals surface area contributed by atoms with Crippen molar-refractivity contribution >= 4 is 33.1 Å². The van der Waals surface area contributed by atoms with Crippen LogP contribution < -0.4 is 10.9 Å². The molecule has 0 atom stereocenters. The Bertz CT molecular complexity index is 651. The molecule has 1 aromatic heterocycles. The van der Waals surface area contributed by atoms with E-state index in [4.69, 9.17) is 5.41 Å². The molecule has 0 bridgehead atoms. The van der Waals surface area contributed by atoms with Crippen molar-refractivity contribution in [2.24, 2.45) is 0 Å². The van der Waals surface area contributed by atoms with Gasteiger partial charge in [-0.3, -0.25) is 4.79 Å². The highest BCUT2D eigenvalue weighted by molar-refractivity contribution is 9.10. The summed E-state index contributed by atoms with van der Waals surface area (Å²) in [5, 5.41) is 10.6. The molecule has 5 nitrogen and oxygen atoms in total. The van der Waals surface area contributed by atoms with Crippen molar-refractivity contribution in [3.63, 3.8) is 0 Å². The summed E-state index contributed by atoms with van der Waals surface area (Å²) in [4.78, 5) is 18.2. The normalized spacial score (nSPS) is 10.1. The molecule has 18 heavy (non-hydrogen) atoms. The van der Waals surface area contributed by atoms with Gasteiger partial charge in [-0.25, -0.2) is 4.98 Å². The second kappa shape index (κ2) is 5.14. The standard InChI is InChI=1S/C12H11BrN4O/c1-7(14)10-11(15-6-16-12(10)18)17-9-4-2-3-8(13)5-9/h2-6,14H,1H3,(H2,15,16,17,18). The molecule has 0 aliphatic heterocycles. The average Bonchev–Trinajstić information content (AvgIpc) is 2.28. The molecule has 1 aromatic carbocycles. The van der Waals surface area contributed by atoms with Gasteiger partial charge < -0.3 is 15.7 Å². The summed E-state index contributed by atoms with van der Waals surface area (Å²) in [5.41, 5.74) is 0.888. The molecular weight excluding hydrogens is 296 g/mol. The summed E-state index contributed by atoms with van der Waals surface area (Å²) in [6, 6.07) is 7.50. The molecule has 0 saturated carbocycles. The first-order valence-corrected chi connectivity index (χ1v) is 6.03. The molecule has 0 spiro atoms. The predicted octanol–water partition coefficient (Wildman–Crippen LogP) is 2.66. The Hall–Kier alpha value is -1.95. The summed E-state index contributed by atoms with van der Waals surface area (Å²) in [6.07, 6.45) is 1.31. The Morgan fingerprint density at radius 3 is 2.94 bits per heavy atom. The monoisotopic (exact) mass is 306 g/mol. The van der Waals surface area contributed by atoms with Gasteiger partial charge in [0.1, 0.15) is 11.4 Å². The van der Waals surface area contributed by atoms with Crippen LogP contribution in [-0.2, 0) is 0 Å². The highest BCUT2D eigenvalue weighted by atomic mass is 79.9. The van der Waals surface area contributed by atoms with E-state index in [0.717, 1.165) is 10.2 Å². The van der Waals surface area contributed by atoms with Gasteiger partial charge in [-0.1, -0.05) is 22.0 Å². The van der Waals surface area contributed by atoms with Crippen molar-refractivity contribution in [1.82, 2.24) is 9.97 Å². The molecule has 92 valence electrons. The molecule has 2 aromatic rings. The summed E-state index contributed by atoms with van der Waals surface area (Å²) in [7, 11) is 0. The van der Waals surface area contributed by atoms with Crippen molar-refractivity contribution < 1.29 is 0 Å². The first kappa shape index (κ1) is 12.5. The van der Waals surface area contributed by atoms with Crippen LogP contribution in [0.2, 0.25) is 0 Å². The zero-order valence-electron chi connectivity index (χ0n) is 9.62. The number of rotatable bonds is 3. The molecule has 0 saturated heterocycles. The number of aromatic nitrogens is 2. The molecule has 0 aliphatic carbocycles. The minimum atomic E-state index is -0.324. The SMILES string of the molecule is CC(=N)c1c(Nc2cccc(Br)c2)nc[nH]c1=O. The lowest BCUT2D eigenvalue weighted by molar-refractivity contribution is 1.10. The van der Waals surface area contributed by atoms with Gasteiger partial charge in [0.25, 0.3) is 5.56 Å². The van der Waals surface area contributed by atoms with Gasteiger partial charge in [-0.15, -0.1) is 0 Å². The molecule has 2 rings (SSSR count). The fourth-order valence-electron chi connectivity index (χ4n) is 1.55. The highest BCUT2D eigenvalue weighted by Gasteiger charge is 2.10.